The summed E-state index contributed by atoms with van der Waals surface area (Å²) in [5.74, 6) is 0.546. The maximum absolute atomic E-state index is 6.23. The summed E-state index contributed by atoms with van der Waals surface area (Å²) in [4.78, 5) is 2.33. The quantitative estimate of drug-likeness (QED) is 0.829. The molecule has 3 nitrogen and oxygen atoms in total. The van der Waals surface area contributed by atoms with Gasteiger partial charge in [0.05, 0.1) is 6.61 Å². The van der Waals surface area contributed by atoms with E-state index >= 15 is 0 Å². The van der Waals surface area contributed by atoms with Crippen LogP contribution >= 0.6 is 0 Å². The van der Waals surface area contributed by atoms with Crippen molar-refractivity contribution in [2.45, 2.75) is 18.9 Å². The molecule has 1 saturated heterocycles. The first kappa shape index (κ1) is 13.5. The van der Waals surface area contributed by atoms with Crippen LogP contribution in [-0.4, -0.2) is 44.3 Å². The minimum atomic E-state index is 0.244. The molecular formula is C15H24N2O. The van der Waals surface area contributed by atoms with Crippen LogP contribution in [0.3, 0.4) is 0 Å². The van der Waals surface area contributed by atoms with Gasteiger partial charge in [-0.1, -0.05) is 30.3 Å². The second kappa shape index (κ2) is 6.88. The summed E-state index contributed by atoms with van der Waals surface area (Å²) in [5.41, 5.74) is 7.62. The number of rotatable bonds is 6. The van der Waals surface area contributed by atoms with Crippen LogP contribution in [0.25, 0.3) is 0 Å². The Labute approximate surface area is 110 Å². The summed E-state index contributed by atoms with van der Waals surface area (Å²) in [6.07, 6.45) is 2.21. The lowest BCUT2D eigenvalue weighted by molar-refractivity contribution is 0.174. The van der Waals surface area contributed by atoms with Crippen LogP contribution in [0.15, 0.2) is 30.3 Å². The summed E-state index contributed by atoms with van der Waals surface area (Å²) in [7, 11) is 2.15. The molecule has 2 unspecified atom stereocenters. The van der Waals surface area contributed by atoms with Crippen LogP contribution in [0, 0.1) is 5.92 Å². The summed E-state index contributed by atoms with van der Waals surface area (Å²) < 4.78 is 5.39. The second-order valence-electron chi connectivity index (χ2n) is 5.29. The zero-order valence-electron chi connectivity index (χ0n) is 11.2. The van der Waals surface area contributed by atoms with Crippen molar-refractivity contribution in [3.05, 3.63) is 35.9 Å². The molecule has 2 atom stereocenters. The van der Waals surface area contributed by atoms with Crippen molar-refractivity contribution in [3.8, 4) is 0 Å². The number of nitrogens with zero attached hydrogens (tertiary/aromatic N) is 1. The van der Waals surface area contributed by atoms with E-state index in [4.69, 9.17) is 10.5 Å². The molecule has 1 aliphatic heterocycles. The molecule has 0 amide bonds. The van der Waals surface area contributed by atoms with Gasteiger partial charge in [0.2, 0.25) is 0 Å². The van der Waals surface area contributed by atoms with E-state index in [0.717, 1.165) is 39.1 Å². The predicted molar refractivity (Wildman–Crippen MR) is 74.5 cm³/mol. The molecule has 0 spiro atoms. The van der Waals surface area contributed by atoms with E-state index in [9.17, 15) is 0 Å². The Hall–Kier alpha value is -0.900. The summed E-state index contributed by atoms with van der Waals surface area (Å²) in [5, 5.41) is 0. The zero-order chi connectivity index (χ0) is 12.8. The van der Waals surface area contributed by atoms with Gasteiger partial charge < -0.3 is 15.4 Å². The van der Waals surface area contributed by atoms with Gasteiger partial charge in [-0.3, -0.25) is 0 Å². The molecule has 0 saturated carbocycles. The average Bonchev–Trinajstić information content (AvgIpc) is 2.91. The number of hydrogen-bond acceptors (Lipinski definition) is 3. The molecular weight excluding hydrogens is 224 g/mol. The lowest BCUT2D eigenvalue weighted by Crippen LogP contribution is -2.41. The van der Waals surface area contributed by atoms with Crippen molar-refractivity contribution in [1.82, 2.24) is 4.90 Å². The van der Waals surface area contributed by atoms with Gasteiger partial charge in [-0.25, -0.2) is 0 Å². The predicted octanol–water partition coefficient (Wildman–Crippen LogP) is 1.52. The van der Waals surface area contributed by atoms with Crippen LogP contribution in [0.2, 0.25) is 0 Å². The number of ether oxygens (including phenoxy) is 1. The lowest BCUT2D eigenvalue weighted by Gasteiger charge is -2.24. The van der Waals surface area contributed by atoms with E-state index < -0.39 is 0 Å². The van der Waals surface area contributed by atoms with Gasteiger partial charge in [0.25, 0.3) is 0 Å². The molecule has 1 heterocycles. The first-order chi connectivity index (χ1) is 8.75. The largest absolute Gasteiger partial charge is 0.381 e. The Morgan fingerprint density at radius 2 is 2.17 bits per heavy atom. The van der Waals surface area contributed by atoms with Crippen LogP contribution in [0.4, 0.5) is 0 Å². The Morgan fingerprint density at radius 3 is 2.83 bits per heavy atom. The maximum atomic E-state index is 6.23. The molecule has 0 aromatic heterocycles. The van der Waals surface area contributed by atoms with E-state index in [1.165, 1.54) is 5.56 Å². The molecule has 1 aromatic rings. The van der Waals surface area contributed by atoms with Crippen molar-refractivity contribution >= 4 is 0 Å². The molecule has 18 heavy (non-hydrogen) atoms. The smallest absolute Gasteiger partial charge is 0.0510 e. The minimum absolute atomic E-state index is 0.244. The van der Waals surface area contributed by atoms with Crippen molar-refractivity contribution < 1.29 is 4.74 Å². The highest BCUT2D eigenvalue weighted by molar-refractivity contribution is 5.14. The van der Waals surface area contributed by atoms with E-state index in [2.05, 4.69) is 42.3 Å². The molecule has 3 heteroatoms. The van der Waals surface area contributed by atoms with Gasteiger partial charge >= 0.3 is 0 Å². The van der Waals surface area contributed by atoms with Crippen LogP contribution in [-0.2, 0) is 11.2 Å². The molecule has 2 rings (SSSR count). The van der Waals surface area contributed by atoms with Crippen LogP contribution < -0.4 is 5.73 Å². The molecule has 1 aliphatic rings. The second-order valence-corrected chi connectivity index (χ2v) is 5.29. The number of nitrogens with two attached hydrogens (primary N) is 1. The van der Waals surface area contributed by atoms with Gasteiger partial charge in [0.15, 0.2) is 0 Å². The summed E-state index contributed by atoms with van der Waals surface area (Å²) in [6.45, 7) is 3.74. The molecule has 100 valence electrons. The topological polar surface area (TPSA) is 38.5 Å². The molecule has 1 aromatic carbocycles. The third kappa shape index (κ3) is 4.09. The van der Waals surface area contributed by atoms with Crippen molar-refractivity contribution in [2.24, 2.45) is 11.7 Å². The van der Waals surface area contributed by atoms with Crippen molar-refractivity contribution in [1.29, 1.82) is 0 Å². The third-order valence-corrected chi connectivity index (χ3v) is 3.72. The molecule has 2 N–H and O–H groups in total. The number of benzene rings is 1. The Morgan fingerprint density at radius 1 is 1.39 bits per heavy atom. The number of hydrogen-bond donors (Lipinski definition) is 1. The van der Waals surface area contributed by atoms with Crippen molar-refractivity contribution in [2.75, 3.05) is 33.4 Å². The lowest BCUT2D eigenvalue weighted by atomic mass is 9.99. The van der Waals surface area contributed by atoms with Gasteiger partial charge in [-0.2, -0.15) is 0 Å². The fourth-order valence-corrected chi connectivity index (χ4v) is 2.46. The van der Waals surface area contributed by atoms with E-state index in [1.807, 2.05) is 0 Å². The Bertz CT molecular complexity index is 336. The fourth-order valence-electron chi connectivity index (χ4n) is 2.46. The molecule has 0 bridgehead atoms. The Kier molecular flexibility index (Phi) is 5.17. The van der Waals surface area contributed by atoms with Crippen LogP contribution in [0.5, 0.6) is 0 Å². The SMILES string of the molecule is CN(CCc1ccccc1)CC(N)C1CCOC1. The third-order valence-electron chi connectivity index (χ3n) is 3.72. The standard InChI is InChI=1S/C15H24N2O/c1-17(9-7-13-5-3-2-4-6-13)11-15(16)14-8-10-18-12-14/h2-6,14-15H,7-12,16H2,1H3. The number of likely N-dealkylation sites (N-methyl/N-ethyl adjacent to an activating group) is 1. The van der Waals surface area contributed by atoms with Gasteiger partial charge in [0.1, 0.15) is 0 Å². The highest BCUT2D eigenvalue weighted by Gasteiger charge is 2.23. The monoisotopic (exact) mass is 248 g/mol. The first-order valence-electron chi connectivity index (χ1n) is 6.81. The van der Waals surface area contributed by atoms with E-state index in [0.29, 0.717) is 5.92 Å². The van der Waals surface area contributed by atoms with E-state index in [1.54, 1.807) is 0 Å². The van der Waals surface area contributed by atoms with E-state index in [-0.39, 0.29) is 6.04 Å². The highest BCUT2D eigenvalue weighted by atomic mass is 16.5. The summed E-state index contributed by atoms with van der Waals surface area (Å²) in [6, 6.07) is 10.8. The molecule has 1 fully saturated rings. The minimum Gasteiger partial charge on any atom is -0.381 e. The maximum Gasteiger partial charge on any atom is 0.0510 e. The highest BCUT2D eigenvalue weighted by Crippen LogP contribution is 2.15. The van der Waals surface area contributed by atoms with Gasteiger partial charge in [-0.05, 0) is 25.5 Å². The average molecular weight is 248 g/mol. The van der Waals surface area contributed by atoms with Crippen molar-refractivity contribution in [3.63, 3.8) is 0 Å². The molecule has 0 radical (unpaired) electrons. The first-order valence-corrected chi connectivity index (χ1v) is 6.81. The Balaban J connectivity index is 1.70. The van der Waals surface area contributed by atoms with Gasteiger partial charge in [-0.15, -0.1) is 0 Å². The zero-order valence-corrected chi connectivity index (χ0v) is 11.2. The van der Waals surface area contributed by atoms with Gasteiger partial charge in [0, 0.05) is 31.7 Å². The molecule has 0 aliphatic carbocycles. The summed E-state index contributed by atoms with van der Waals surface area (Å²) >= 11 is 0. The normalized spacial score (nSPS) is 21.4. The fraction of sp³-hybridized carbons (Fsp3) is 0.600. The van der Waals surface area contributed by atoms with Crippen LogP contribution in [0.1, 0.15) is 12.0 Å².